The van der Waals surface area contributed by atoms with Gasteiger partial charge in [-0.05, 0) is 50.6 Å². The van der Waals surface area contributed by atoms with Gasteiger partial charge in [0, 0.05) is 23.8 Å². The molecule has 2 heterocycles. The number of hydrogen-bond acceptors (Lipinski definition) is 5. The van der Waals surface area contributed by atoms with Gasteiger partial charge < -0.3 is 13.9 Å². The van der Waals surface area contributed by atoms with Gasteiger partial charge in [-0.1, -0.05) is 42.0 Å². The van der Waals surface area contributed by atoms with E-state index in [9.17, 15) is 9.59 Å². The smallest absolute Gasteiger partial charge is 0.334 e. The Morgan fingerprint density at radius 3 is 2.71 bits per heavy atom. The lowest BCUT2D eigenvalue weighted by Gasteiger charge is -2.22. The van der Waals surface area contributed by atoms with Crippen LogP contribution in [-0.4, -0.2) is 24.6 Å². The summed E-state index contributed by atoms with van der Waals surface area (Å²) in [5, 5.41) is 1.02. The lowest BCUT2D eigenvalue weighted by molar-refractivity contribution is -0.160. The van der Waals surface area contributed by atoms with Crippen molar-refractivity contribution in [3.05, 3.63) is 77.1 Å². The third-order valence-electron chi connectivity index (χ3n) is 5.42. The summed E-state index contributed by atoms with van der Waals surface area (Å²) in [7, 11) is 0. The molecule has 1 aliphatic heterocycles. The number of rotatable bonds is 6. The quantitative estimate of drug-likeness (QED) is 0.404. The van der Waals surface area contributed by atoms with Gasteiger partial charge in [-0.15, -0.1) is 0 Å². The number of ether oxygens (including phenoxy) is 2. The van der Waals surface area contributed by atoms with Crippen molar-refractivity contribution in [1.29, 1.82) is 0 Å². The molecule has 0 N–H and O–H groups in total. The Balaban J connectivity index is 1.35. The second-order valence-electron chi connectivity index (χ2n) is 8.72. The van der Waals surface area contributed by atoms with E-state index in [1.165, 1.54) is 0 Å². The average molecular weight is 418 g/mol. The van der Waals surface area contributed by atoms with Crippen LogP contribution >= 0.6 is 0 Å². The minimum atomic E-state index is -0.770. The van der Waals surface area contributed by atoms with Gasteiger partial charge in [-0.2, -0.15) is 0 Å². The minimum absolute atomic E-state index is 0.0411. The van der Waals surface area contributed by atoms with Gasteiger partial charge in [0.15, 0.2) is 0 Å². The van der Waals surface area contributed by atoms with E-state index < -0.39 is 11.5 Å². The molecule has 2 aromatic carbocycles. The molecule has 1 saturated heterocycles. The van der Waals surface area contributed by atoms with E-state index in [2.05, 4.69) is 6.07 Å². The highest BCUT2D eigenvalue weighted by atomic mass is 16.6. The van der Waals surface area contributed by atoms with E-state index in [1.54, 1.807) is 0 Å². The van der Waals surface area contributed by atoms with Crippen LogP contribution in [0.4, 0.5) is 0 Å². The molecule has 1 fully saturated rings. The third kappa shape index (κ3) is 4.88. The second-order valence-corrected chi connectivity index (χ2v) is 8.72. The second kappa shape index (κ2) is 8.42. The Morgan fingerprint density at radius 2 is 1.94 bits per heavy atom. The van der Waals surface area contributed by atoms with Crippen LogP contribution in [0.15, 0.2) is 64.6 Å². The molecule has 160 valence electrons. The summed E-state index contributed by atoms with van der Waals surface area (Å²) in [6.45, 7) is 5.73. The number of esters is 2. The number of carbonyl (C=O) groups excluding carboxylic acids is 2. The van der Waals surface area contributed by atoms with Crippen molar-refractivity contribution in [2.45, 2.75) is 39.7 Å². The van der Waals surface area contributed by atoms with Crippen molar-refractivity contribution >= 4 is 29.0 Å². The van der Waals surface area contributed by atoms with Crippen LogP contribution in [0.2, 0.25) is 0 Å². The molecule has 1 atom stereocenters. The van der Waals surface area contributed by atoms with Crippen LogP contribution in [0, 0.1) is 12.3 Å². The number of carbonyl (C=O) groups is 2. The number of fused-ring (bicyclic) bond motifs is 1. The molecule has 1 aliphatic rings. The third-order valence-corrected chi connectivity index (χ3v) is 5.42. The highest BCUT2D eigenvalue weighted by molar-refractivity contribution is 5.95. The van der Waals surface area contributed by atoms with Crippen LogP contribution in [0.25, 0.3) is 17.0 Å². The van der Waals surface area contributed by atoms with E-state index in [0.29, 0.717) is 18.4 Å². The number of hydrogen-bond donors (Lipinski definition) is 0. The Hall–Kier alpha value is -3.34. The van der Waals surface area contributed by atoms with Crippen LogP contribution in [0.5, 0.6) is 0 Å². The van der Waals surface area contributed by atoms with Gasteiger partial charge in [0.05, 0.1) is 5.41 Å². The Morgan fingerprint density at radius 1 is 1.16 bits per heavy atom. The summed E-state index contributed by atoms with van der Waals surface area (Å²) in [6, 6.07) is 17.6. The molecule has 31 heavy (non-hydrogen) atoms. The first-order chi connectivity index (χ1) is 14.8. The van der Waals surface area contributed by atoms with E-state index in [1.807, 2.05) is 75.4 Å². The molecule has 4 rings (SSSR count). The Bertz CT molecular complexity index is 1140. The molecular weight excluding hydrogens is 392 g/mol. The van der Waals surface area contributed by atoms with Crippen molar-refractivity contribution in [3.63, 3.8) is 0 Å². The molecule has 0 amide bonds. The van der Waals surface area contributed by atoms with Crippen LogP contribution in [-0.2, 0) is 25.5 Å². The highest BCUT2D eigenvalue weighted by Gasteiger charge is 2.34. The van der Waals surface area contributed by atoms with Crippen molar-refractivity contribution in [2.24, 2.45) is 5.41 Å². The first-order valence-electron chi connectivity index (χ1n) is 10.4. The topological polar surface area (TPSA) is 65.7 Å². The van der Waals surface area contributed by atoms with Gasteiger partial charge in [-0.25, -0.2) is 4.79 Å². The predicted molar refractivity (Wildman–Crippen MR) is 118 cm³/mol. The zero-order chi connectivity index (χ0) is 22.0. The van der Waals surface area contributed by atoms with Crippen LogP contribution < -0.4 is 0 Å². The lowest BCUT2D eigenvalue weighted by Crippen LogP contribution is -2.31. The zero-order valence-corrected chi connectivity index (χ0v) is 18.0. The first-order valence-corrected chi connectivity index (χ1v) is 10.4. The summed E-state index contributed by atoms with van der Waals surface area (Å²) >= 11 is 0. The van der Waals surface area contributed by atoms with E-state index in [-0.39, 0.29) is 18.5 Å². The van der Waals surface area contributed by atoms with E-state index in [4.69, 9.17) is 13.9 Å². The molecule has 1 aromatic heterocycles. The highest BCUT2D eigenvalue weighted by Crippen LogP contribution is 2.29. The fourth-order valence-corrected chi connectivity index (χ4v) is 3.74. The largest absolute Gasteiger partial charge is 0.461 e. The van der Waals surface area contributed by atoms with Crippen molar-refractivity contribution in [1.82, 2.24) is 0 Å². The summed E-state index contributed by atoms with van der Waals surface area (Å²) in [4.78, 5) is 24.9. The molecule has 0 aliphatic carbocycles. The first kappa shape index (κ1) is 20.9. The van der Waals surface area contributed by atoms with Gasteiger partial charge in [0.25, 0.3) is 0 Å². The number of furan rings is 1. The van der Waals surface area contributed by atoms with Crippen molar-refractivity contribution < 1.29 is 23.5 Å². The SMILES string of the molecule is Cc1ccc2oc(CC(C)(C)C(=O)OCC3C/C(=C\c4ccccc4)C(=O)O3)cc2c1. The molecule has 0 bridgehead atoms. The monoisotopic (exact) mass is 418 g/mol. The molecule has 0 radical (unpaired) electrons. The van der Waals surface area contributed by atoms with Crippen LogP contribution in [0.1, 0.15) is 37.2 Å². The number of aryl methyl sites for hydroxylation is 1. The fourth-order valence-electron chi connectivity index (χ4n) is 3.74. The maximum Gasteiger partial charge on any atom is 0.334 e. The number of benzene rings is 2. The molecular formula is C26H26O5. The fraction of sp³-hybridized carbons (Fsp3) is 0.308. The van der Waals surface area contributed by atoms with Gasteiger partial charge in [-0.3, -0.25) is 4.79 Å². The van der Waals surface area contributed by atoms with Gasteiger partial charge in [0.2, 0.25) is 0 Å². The van der Waals surface area contributed by atoms with E-state index in [0.717, 1.165) is 27.9 Å². The zero-order valence-electron chi connectivity index (χ0n) is 18.0. The van der Waals surface area contributed by atoms with Crippen LogP contribution in [0.3, 0.4) is 0 Å². The van der Waals surface area contributed by atoms with Crippen molar-refractivity contribution in [3.8, 4) is 0 Å². The van der Waals surface area contributed by atoms with Gasteiger partial charge >= 0.3 is 11.9 Å². The number of cyclic esters (lactones) is 1. The molecule has 1 unspecified atom stereocenters. The maximum atomic E-state index is 12.7. The van der Waals surface area contributed by atoms with Gasteiger partial charge in [0.1, 0.15) is 24.1 Å². The van der Waals surface area contributed by atoms with Crippen molar-refractivity contribution in [2.75, 3.05) is 6.61 Å². The molecule has 5 heteroatoms. The summed E-state index contributed by atoms with van der Waals surface area (Å²) in [5.41, 5.74) is 2.72. The minimum Gasteiger partial charge on any atom is -0.461 e. The maximum absolute atomic E-state index is 12.7. The molecule has 0 spiro atoms. The normalized spacial score (nSPS) is 17.8. The lowest BCUT2D eigenvalue weighted by atomic mass is 9.88. The van der Waals surface area contributed by atoms with E-state index >= 15 is 0 Å². The summed E-state index contributed by atoms with van der Waals surface area (Å²) in [5.74, 6) is 0.0327. The summed E-state index contributed by atoms with van der Waals surface area (Å²) in [6.07, 6.45) is 2.20. The Kier molecular flexibility index (Phi) is 5.68. The molecule has 0 saturated carbocycles. The summed E-state index contributed by atoms with van der Waals surface area (Å²) < 4.78 is 16.8. The molecule has 3 aromatic rings. The molecule has 5 nitrogen and oxygen atoms in total. The predicted octanol–water partition coefficient (Wildman–Crippen LogP) is 5.25. The standard InChI is InChI=1S/C26H26O5/c1-17-9-10-23-19(11-17)13-21(30-23)15-26(2,3)25(28)29-16-22-14-20(24(27)31-22)12-18-7-5-4-6-8-18/h4-13,22H,14-16H2,1-3H3/b20-12+. The average Bonchev–Trinajstić information content (AvgIpc) is 3.28. The Labute approximate surface area is 181 Å².